The zero-order chi connectivity index (χ0) is 27.8. The van der Waals surface area contributed by atoms with Crippen LogP contribution in [0.5, 0.6) is 0 Å². The normalized spacial score (nSPS) is 28.8. The number of rotatable bonds is 10. The number of nitrogens with one attached hydrogen (secondary N) is 3. The summed E-state index contributed by atoms with van der Waals surface area (Å²) in [6, 6.07) is -1.60. The van der Waals surface area contributed by atoms with Gasteiger partial charge in [0.05, 0.1) is 24.3 Å². The third-order valence-electron chi connectivity index (χ3n) is 8.82. The number of aromatic nitrogens is 2. The summed E-state index contributed by atoms with van der Waals surface area (Å²) in [6.45, 7) is 14.4. The number of carbonyl (C=O) groups is 3. The fourth-order valence-corrected chi connectivity index (χ4v) is 6.48. The van der Waals surface area contributed by atoms with Crippen LogP contribution in [-0.2, 0) is 18.9 Å². The molecule has 1 aromatic rings. The summed E-state index contributed by atoms with van der Waals surface area (Å²) in [5, 5.41) is 8.53. The Morgan fingerprint density at radius 3 is 2.42 bits per heavy atom. The lowest BCUT2D eigenvalue weighted by molar-refractivity contribution is -0.199. The van der Waals surface area contributed by atoms with Crippen LogP contribution in [0.3, 0.4) is 0 Å². The number of hydrogen-bond acceptors (Lipinski definition) is 7. The SMILES string of the molecule is CC(C)C[C@H](NC(=O)C(NC(=O)c1cnccn1)C(C)C)C(=O)NCB1O[C@@H]2C[C@@H]3CC(C3(C)C)[C@]2(C)O1. The van der Waals surface area contributed by atoms with E-state index < -0.39 is 31.0 Å². The van der Waals surface area contributed by atoms with Gasteiger partial charge in [0.25, 0.3) is 5.91 Å². The summed E-state index contributed by atoms with van der Waals surface area (Å²) in [6.07, 6.45) is 7.07. The predicted molar refractivity (Wildman–Crippen MR) is 143 cm³/mol. The van der Waals surface area contributed by atoms with Crippen molar-refractivity contribution in [3.8, 4) is 0 Å². The van der Waals surface area contributed by atoms with E-state index in [0.717, 1.165) is 12.8 Å². The number of carbonyl (C=O) groups excluding carboxylic acids is 3. The first-order valence-electron chi connectivity index (χ1n) is 13.8. The lowest BCUT2D eigenvalue weighted by atomic mass is 9.43. The smallest absolute Gasteiger partial charge is 0.404 e. The number of nitrogens with zero attached hydrogens (tertiary/aromatic N) is 2. The molecule has 5 rings (SSSR count). The van der Waals surface area contributed by atoms with Gasteiger partial charge in [-0.25, -0.2) is 4.98 Å². The van der Waals surface area contributed by atoms with Gasteiger partial charge in [0, 0.05) is 12.4 Å². The van der Waals surface area contributed by atoms with Gasteiger partial charge in [-0.2, -0.15) is 0 Å². The summed E-state index contributed by atoms with van der Waals surface area (Å²) < 4.78 is 12.6. The fraction of sp³-hybridized carbons (Fsp3) is 0.741. The van der Waals surface area contributed by atoms with Crippen molar-refractivity contribution < 1.29 is 23.7 Å². The second-order valence-electron chi connectivity index (χ2n) is 12.6. The van der Waals surface area contributed by atoms with E-state index in [9.17, 15) is 14.4 Å². The Bertz CT molecular complexity index is 1040. The molecule has 11 heteroatoms. The molecule has 208 valence electrons. The van der Waals surface area contributed by atoms with Crippen LogP contribution in [0.2, 0.25) is 0 Å². The molecule has 3 aliphatic carbocycles. The van der Waals surface area contributed by atoms with Gasteiger partial charge in [0.1, 0.15) is 17.8 Å². The van der Waals surface area contributed by atoms with Crippen LogP contribution in [0.4, 0.5) is 0 Å². The molecule has 3 saturated carbocycles. The first kappa shape index (κ1) is 28.5. The second kappa shape index (κ2) is 10.9. The molecule has 3 amide bonds. The average Bonchev–Trinajstić information content (AvgIpc) is 3.21. The molecule has 1 saturated heterocycles. The Kier molecular flexibility index (Phi) is 8.19. The van der Waals surface area contributed by atoms with Crippen molar-refractivity contribution in [2.24, 2.45) is 29.1 Å². The van der Waals surface area contributed by atoms with Crippen molar-refractivity contribution in [1.82, 2.24) is 25.9 Å². The molecule has 2 bridgehead atoms. The third kappa shape index (κ3) is 5.59. The van der Waals surface area contributed by atoms with E-state index in [0.29, 0.717) is 18.3 Å². The summed E-state index contributed by atoms with van der Waals surface area (Å²) in [5.41, 5.74) is 0.0222. The third-order valence-corrected chi connectivity index (χ3v) is 8.82. The van der Waals surface area contributed by atoms with Crippen LogP contribution in [0, 0.1) is 29.1 Å². The molecule has 4 fully saturated rings. The van der Waals surface area contributed by atoms with Gasteiger partial charge in [-0.05, 0) is 55.3 Å². The molecular weight excluding hydrogens is 485 g/mol. The zero-order valence-corrected chi connectivity index (χ0v) is 23.6. The monoisotopic (exact) mass is 527 g/mol. The van der Waals surface area contributed by atoms with Gasteiger partial charge in [-0.15, -0.1) is 0 Å². The van der Waals surface area contributed by atoms with E-state index in [2.05, 4.69) is 46.7 Å². The summed E-state index contributed by atoms with van der Waals surface area (Å²) in [5.74, 6) is -0.179. The van der Waals surface area contributed by atoms with Gasteiger partial charge < -0.3 is 25.3 Å². The van der Waals surface area contributed by atoms with Crippen LogP contribution in [0.15, 0.2) is 18.6 Å². The van der Waals surface area contributed by atoms with E-state index in [-0.39, 0.29) is 47.0 Å². The molecule has 2 unspecified atom stereocenters. The standard InChI is InChI=1S/C27H42BN5O5/c1-15(2)10-18(32-25(36)22(16(3)4)33-24(35)19-13-29-8-9-30-19)23(34)31-14-28-37-21-12-17-11-20(26(17,5)6)27(21,7)38-28/h8-9,13,15-18,20-22H,10-12,14H2,1-7H3,(H,31,34)(H,32,36)(H,33,35)/t17-,18-,20?,21+,22?,27-/m0/s1. The average molecular weight is 527 g/mol. The van der Waals surface area contributed by atoms with E-state index >= 15 is 0 Å². The van der Waals surface area contributed by atoms with E-state index in [4.69, 9.17) is 9.31 Å². The minimum atomic E-state index is -0.841. The summed E-state index contributed by atoms with van der Waals surface area (Å²) in [4.78, 5) is 47.0. The summed E-state index contributed by atoms with van der Waals surface area (Å²) >= 11 is 0. The Morgan fingerprint density at radius 1 is 1.08 bits per heavy atom. The molecule has 1 aromatic heterocycles. The minimum absolute atomic E-state index is 0.0389. The lowest BCUT2D eigenvalue weighted by Gasteiger charge is -2.64. The van der Waals surface area contributed by atoms with Crippen molar-refractivity contribution in [3.63, 3.8) is 0 Å². The maximum atomic E-state index is 13.2. The van der Waals surface area contributed by atoms with Gasteiger partial charge in [-0.1, -0.05) is 41.5 Å². The second-order valence-corrected chi connectivity index (χ2v) is 12.6. The number of amides is 3. The molecule has 1 aliphatic heterocycles. The highest BCUT2D eigenvalue weighted by Gasteiger charge is 2.67. The molecule has 3 N–H and O–H groups in total. The zero-order valence-electron chi connectivity index (χ0n) is 23.6. The lowest BCUT2D eigenvalue weighted by Crippen LogP contribution is -2.65. The van der Waals surface area contributed by atoms with E-state index in [1.54, 1.807) is 0 Å². The van der Waals surface area contributed by atoms with Crippen molar-refractivity contribution in [3.05, 3.63) is 24.3 Å². The molecule has 0 radical (unpaired) electrons. The Labute approximate surface area is 226 Å². The van der Waals surface area contributed by atoms with Crippen LogP contribution >= 0.6 is 0 Å². The molecule has 0 spiro atoms. The Morgan fingerprint density at radius 2 is 1.82 bits per heavy atom. The first-order chi connectivity index (χ1) is 17.8. The van der Waals surface area contributed by atoms with Crippen LogP contribution in [-0.4, -0.2) is 65.0 Å². The highest BCUT2D eigenvalue weighted by Crippen LogP contribution is 2.65. The maximum Gasteiger partial charge on any atom is 0.478 e. The van der Waals surface area contributed by atoms with E-state index in [1.807, 2.05) is 27.7 Å². The van der Waals surface area contributed by atoms with Gasteiger partial charge in [-0.3, -0.25) is 19.4 Å². The Hall–Kier alpha value is -2.53. The molecule has 38 heavy (non-hydrogen) atoms. The van der Waals surface area contributed by atoms with Crippen molar-refractivity contribution in [1.29, 1.82) is 0 Å². The largest absolute Gasteiger partial charge is 0.478 e. The highest BCUT2D eigenvalue weighted by atomic mass is 16.7. The summed E-state index contributed by atoms with van der Waals surface area (Å²) in [7, 11) is -0.519. The first-order valence-corrected chi connectivity index (χ1v) is 13.8. The molecule has 0 aromatic carbocycles. The Balaban J connectivity index is 1.35. The molecule has 2 heterocycles. The minimum Gasteiger partial charge on any atom is -0.404 e. The maximum absolute atomic E-state index is 13.2. The van der Waals surface area contributed by atoms with Crippen molar-refractivity contribution >= 4 is 24.8 Å². The van der Waals surface area contributed by atoms with Gasteiger partial charge >= 0.3 is 7.12 Å². The molecular formula is C27H42BN5O5. The van der Waals surface area contributed by atoms with Gasteiger partial charge in [0.15, 0.2) is 0 Å². The fourth-order valence-electron chi connectivity index (χ4n) is 6.48. The molecule has 6 atom stereocenters. The van der Waals surface area contributed by atoms with Crippen LogP contribution in [0.1, 0.15) is 78.2 Å². The van der Waals surface area contributed by atoms with Crippen LogP contribution < -0.4 is 16.0 Å². The topological polar surface area (TPSA) is 132 Å². The van der Waals surface area contributed by atoms with Crippen LogP contribution in [0.25, 0.3) is 0 Å². The molecule has 10 nitrogen and oxygen atoms in total. The highest BCUT2D eigenvalue weighted by molar-refractivity contribution is 6.46. The van der Waals surface area contributed by atoms with Crippen molar-refractivity contribution in [2.45, 2.75) is 91.5 Å². The quantitative estimate of drug-likeness (QED) is 0.398. The predicted octanol–water partition coefficient (Wildman–Crippen LogP) is 2.15. The van der Waals surface area contributed by atoms with Crippen molar-refractivity contribution in [2.75, 3.05) is 6.44 Å². The van der Waals surface area contributed by atoms with E-state index in [1.165, 1.54) is 18.6 Å². The molecule has 4 aliphatic rings. The van der Waals surface area contributed by atoms with Gasteiger partial charge in [0.2, 0.25) is 11.8 Å². The number of hydrogen-bond donors (Lipinski definition) is 3.